The van der Waals surface area contributed by atoms with Crippen LogP contribution >= 0.6 is 11.6 Å². The Morgan fingerprint density at radius 3 is 2.35 bits per heavy atom. The smallest absolute Gasteiger partial charge is 0.257 e. The zero-order valence-electron chi connectivity index (χ0n) is 16.9. The van der Waals surface area contributed by atoms with Gasteiger partial charge in [0.1, 0.15) is 4.90 Å². The summed E-state index contributed by atoms with van der Waals surface area (Å²) in [6.45, 7) is 0.999. The van der Waals surface area contributed by atoms with Crippen LogP contribution in [0, 0.1) is 0 Å². The Hall–Kier alpha value is -2.02. The largest absolute Gasteiger partial charge is 0.379 e. The maximum atomic E-state index is 12.9. The molecule has 2 aromatic carbocycles. The lowest BCUT2D eigenvalue weighted by Gasteiger charge is -2.26. The summed E-state index contributed by atoms with van der Waals surface area (Å²) in [6.07, 6.45) is 0. The number of amides is 1. The third-order valence-electron chi connectivity index (χ3n) is 4.68. The van der Waals surface area contributed by atoms with Crippen LogP contribution in [-0.4, -0.2) is 71.8 Å². The molecule has 2 aromatic rings. The van der Waals surface area contributed by atoms with Gasteiger partial charge in [-0.05, 0) is 30.3 Å². The Labute approximate surface area is 186 Å². The number of nitrogens with zero attached hydrogens (tertiary/aromatic N) is 2. The molecule has 12 heteroatoms. The average Bonchev–Trinajstić information content (AvgIpc) is 2.74. The van der Waals surface area contributed by atoms with Gasteiger partial charge in [-0.1, -0.05) is 23.7 Å². The second kappa shape index (κ2) is 9.23. The molecule has 0 atom stereocenters. The van der Waals surface area contributed by atoms with E-state index in [1.807, 2.05) is 0 Å². The standard InChI is InChI=1S/C19H22ClN3O6S2/c1-22(2)31(27,28)18-6-4-3-5-17(18)21-19(24)15-13-14(7-8-16(15)20)30(25,26)23-9-11-29-12-10-23/h3-8,13H,9-12H2,1-2H3,(H,21,24). The van der Waals surface area contributed by atoms with Crippen LogP contribution in [0.4, 0.5) is 5.69 Å². The number of rotatable bonds is 6. The fourth-order valence-corrected chi connectivity index (χ4v) is 5.64. The number of hydrogen-bond donors (Lipinski definition) is 1. The topological polar surface area (TPSA) is 113 Å². The Morgan fingerprint density at radius 2 is 1.71 bits per heavy atom. The molecule has 1 heterocycles. The molecule has 0 saturated carbocycles. The van der Waals surface area contributed by atoms with Gasteiger partial charge in [-0.15, -0.1) is 0 Å². The average molecular weight is 488 g/mol. The molecule has 1 aliphatic heterocycles. The molecule has 0 aromatic heterocycles. The minimum absolute atomic E-state index is 0.0337. The molecule has 0 aliphatic carbocycles. The van der Waals surface area contributed by atoms with Gasteiger partial charge in [0.25, 0.3) is 5.91 Å². The molecule has 0 spiro atoms. The van der Waals surface area contributed by atoms with Crippen molar-refractivity contribution < 1.29 is 26.4 Å². The third-order valence-corrected chi connectivity index (χ3v) is 8.78. The quantitative estimate of drug-likeness (QED) is 0.665. The molecular weight excluding hydrogens is 466 g/mol. The summed E-state index contributed by atoms with van der Waals surface area (Å²) >= 11 is 6.16. The van der Waals surface area contributed by atoms with Crippen LogP contribution in [0.15, 0.2) is 52.3 Å². The summed E-state index contributed by atoms with van der Waals surface area (Å²) in [6, 6.07) is 9.76. The van der Waals surface area contributed by atoms with Crippen molar-refractivity contribution in [2.45, 2.75) is 9.79 Å². The van der Waals surface area contributed by atoms with Gasteiger partial charge in [0.15, 0.2) is 0 Å². The third kappa shape index (κ3) is 4.92. The SMILES string of the molecule is CN(C)S(=O)(=O)c1ccccc1NC(=O)c1cc(S(=O)(=O)N2CCOCC2)ccc1Cl. The minimum atomic E-state index is -3.84. The van der Waals surface area contributed by atoms with Crippen molar-refractivity contribution in [1.29, 1.82) is 0 Å². The lowest BCUT2D eigenvalue weighted by molar-refractivity contribution is 0.0730. The number of anilines is 1. The number of nitrogens with one attached hydrogen (secondary N) is 1. The molecule has 1 fully saturated rings. The summed E-state index contributed by atoms with van der Waals surface area (Å²) in [5.74, 6) is -0.731. The molecule has 1 N–H and O–H groups in total. The summed E-state index contributed by atoms with van der Waals surface area (Å²) in [7, 11) is -4.90. The van der Waals surface area contributed by atoms with Gasteiger partial charge in [0.2, 0.25) is 20.0 Å². The van der Waals surface area contributed by atoms with Crippen molar-refractivity contribution in [2.24, 2.45) is 0 Å². The molecule has 9 nitrogen and oxygen atoms in total. The predicted octanol–water partition coefficient (Wildman–Crippen LogP) is 1.86. The van der Waals surface area contributed by atoms with Crippen LogP contribution in [0.1, 0.15) is 10.4 Å². The predicted molar refractivity (Wildman–Crippen MR) is 116 cm³/mol. The van der Waals surface area contributed by atoms with Gasteiger partial charge in [0, 0.05) is 27.2 Å². The van der Waals surface area contributed by atoms with E-state index in [-0.39, 0.29) is 52.4 Å². The van der Waals surface area contributed by atoms with Gasteiger partial charge in [0.05, 0.1) is 34.4 Å². The first kappa shape index (κ1) is 23.6. The number of para-hydroxylation sites is 1. The maximum Gasteiger partial charge on any atom is 0.257 e. The van der Waals surface area contributed by atoms with E-state index in [0.717, 1.165) is 4.31 Å². The number of carbonyl (C=O) groups is 1. The van der Waals surface area contributed by atoms with E-state index < -0.39 is 26.0 Å². The highest BCUT2D eigenvalue weighted by Crippen LogP contribution is 2.27. The van der Waals surface area contributed by atoms with Crippen molar-refractivity contribution in [3.05, 3.63) is 53.1 Å². The number of hydrogen-bond acceptors (Lipinski definition) is 6. The van der Waals surface area contributed by atoms with Crippen molar-refractivity contribution in [3.63, 3.8) is 0 Å². The van der Waals surface area contributed by atoms with Crippen LogP contribution in [0.3, 0.4) is 0 Å². The number of morpholine rings is 1. The number of ether oxygens (including phenoxy) is 1. The number of halogens is 1. The van der Waals surface area contributed by atoms with Crippen molar-refractivity contribution >= 4 is 43.2 Å². The molecule has 3 rings (SSSR count). The molecular formula is C19H22ClN3O6S2. The molecule has 0 radical (unpaired) electrons. The maximum absolute atomic E-state index is 12.9. The Morgan fingerprint density at radius 1 is 1.06 bits per heavy atom. The van der Waals surface area contributed by atoms with Gasteiger partial charge in [-0.3, -0.25) is 4.79 Å². The number of benzene rings is 2. The van der Waals surface area contributed by atoms with Gasteiger partial charge < -0.3 is 10.1 Å². The van der Waals surface area contributed by atoms with Crippen LogP contribution in [-0.2, 0) is 24.8 Å². The summed E-state index contributed by atoms with van der Waals surface area (Å²) < 4.78 is 58.4. The highest BCUT2D eigenvalue weighted by Gasteiger charge is 2.28. The van der Waals surface area contributed by atoms with Crippen LogP contribution < -0.4 is 5.32 Å². The van der Waals surface area contributed by atoms with Crippen molar-refractivity contribution in [1.82, 2.24) is 8.61 Å². The first-order chi connectivity index (χ1) is 14.5. The number of sulfonamides is 2. The lowest BCUT2D eigenvalue weighted by Crippen LogP contribution is -2.40. The zero-order valence-corrected chi connectivity index (χ0v) is 19.3. The fourth-order valence-electron chi connectivity index (χ4n) is 2.96. The summed E-state index contributed by atoms with van der Waals surface area (Å²) in [4.78, 5) is 12.7. The van der Waals surface area contributed by atoms with Crippen molar-refractivity contribution in [3.8, 4) is 0 Å². The molecule has 0 unspecified atom stereocenters. The highest BCUT2D eigenvalue weighted by molar-refractivity contribution is 7.89. The molecule has 1 amide bonds. The van der Waals surface area contributed by atoms with Crippen LogP contribution in [0.25, 0.3) is 0 Å². The Balaban J connectivity index is 1.95. The molecule has 31 heavy (non-hydrogen) atoms. The molecule has 1 saturated heterocycles. The first-order valence-corrected chi connectivity index (χ1v) is 12.5. The molecule has 0 bridgehead atoms. The summed E-state index contributed by atoms with van der Waals surface area (Å²) in [5, 5.41) is 2.56. The summed E-state index contributed by atoms with van der Waals surface area (Å²) in [5.41, 5.74) is -0.0354. The van der Waals surface area contributed by atoms with Gasteiger partial charge in [-0.25, -0.2) is 21.1 Å². The van der Waals surface area contributed by atoms with E-state index in [9.17, 15) is 21.6 Å². The van der Waals surface area contributed by atoms with E-state index in [1.165, 1.54) is 54.8 Å². The Bertz CT molecular complexity index is 1190. The van der Waals surface area contributed by atoms with E-state index >= 15 is 0 Å². The molecule has 1 aliphatic rings. The lowest BCUT2D eigenvalue weighted by atomic mass is 10.2. The molecule has 168 valence electrons. The second-order valence-corrected chi connectivity index (χ2v) is 11.4. The van der Waals surface area contributed by atoms with E-state index in [2.05, 4.69) is 5.32 Å². The Kier molecular flexibility index (Phi) is 7.04. The van der Waals surface area contributed by atoms with Gasteiger partial charge >= 0.3 is 0 Å². The highest BCUT2D eigenvalue weighted by atomic mass is 35.5. The van der Waals surface area contributed by atoms with Crippen LogP contribution in [0.2, 0.25) is 5.02 Å². The second-order valence-electron chi connectivity index (χ2n) is 6.90. The van der Waals surface area contributed by atoms with Crippen LogP contribution in [0.5, 0.6) is 0 Å². The normalized spacial score (nSPS) is 15.7. The number of carbonyl (C=O) groups excluding carboxylic acids is 1. The fraction of sp³-hybridized carbons (Fsp3) is 0.316. The van der Waals surface area contributed by atoms with E-state index in [4.69, 9.17) is 16.3 Å². The van der Waals surface area contributed by atoms with Gasteiger partial charge in [-0.2, -0.15) is 4.31 Å². The van der Waals surface area contributed by atoms with E-state index in [0.29, 0.717) is 0 Å². The minimum Gasteiger partial charge on any atom is -0.379 e. The first-order valence-electron chi connectivity index (χ1n) is 9.25. The monoisotopic (exact) mass is 487 g/mol. The van der Waals surface area contributed by atoms with E-state index in [1.54, 1.807) is 6.07 Å². The van der Waals surface area contributed by atoms with Crippen molar-refractivity contribution in [2.75, 3.05) is 45.7 Å². The zero-order chi connectivity index (χ0) is 22.8.